The average Bonchev–Trinajstić information content (AvgIpc) is 3.93. The van der Waals surface area contributed by atoms with E-state index in [1.54, 1.807) is 11.8 Å². The van der Waals surface area contributed by atoms with Gasteiger partial charge in [-0.1, -0.05) is 89.5 Å². The van der Waals surface area contributed by atoms with Crippen molar-refractivity contribution in [2.24, 2.45) is 5.92 Å². The number of nitrogens with zero attached hydrogens (tertiary/aromatic N) is 4. The number of thioether (sulfide) groups is 1. The Morgan fingerprint density at radius 1 is 0.807 bits per heavy atom. The third kappa shape index (κ3) is 9.59. The number of carbonyl (C=O) groups excluding carboxylic acids is 2. The third-order valence-corrected chi connectivity index (χ3v) is 12.8. The van der Waals surface area contributed by atoms with E-state index < -0.39 is 0 Å². The van der Waals surface area contributed by atoms with Crippen molar-refractivity contribution >= 4 is 29.3 Å². The maximum Gasteiger partial charge on any atom is 0.233 e. The van der Waals surface area contributed by atoms with Gasteiger partial charge in [-0.25, -0.2) is 0 Å². The lowest BCUT2D eigenvalue weighted by Crippen LogP contribution is -2.49. The van der Waals surface area contributed by atoms with Gasteiger partial charge in [0.05, 0.1) is 17.1 Å². The maximum atomic E-state index is 13.0. The lowest BCUT2D eigenvalue weighted by atomic mass is 9.83. The molecule has 4 aromatic rings. The van der Waals surface area contributed by atoms with Crippen LogP contribution in [0.1, 0.15) is 83.2 Å². The monoisotopic (exact) mass is 784 g/mol. The molecule has 1 aromatic heterocycles. The fourth-order valence-electron chi connectivity index (χ4n) is 8.89. The molecule has 9 nitrogen and oxygen atoms in total. The summed E-state index contributed by atoms with van der Waals surface area (Å²) in [5, 5.41) is 22.0. The van der Waals surface area contributed by atoms with Crippen LogP contribution in [0.5, 0.6) is 0 Å². The SMILES string of the molecule is Cc1noc(C)c1CSCC(=O)N1C2CCC1CC(c1ccccc1C#CCO)C2.O=C([C@@H]1C[C@@H]1c1ccccc1)N1CCN(c2ccccc2C#CCO)CC1. The minimum absolute atomic E-state index is 0.127. The molecule has 0 radical (unpaired) electrons. The Hall–Kier alpha value is -5.00. The minimum atomic E-state index is -0.138. The molecule has 2 bridgehead atoms. The van der Waals surface area contributed by atoms with Gasteiger partial charge in [-0.3, -0.25) is 9.59 Å². The summed E-state index contributed by atoms with van der Waals surface area (Å²) in [6, 6.07) is 27.2. The van der Waals surface area contributed by atoms with Crippen LogP contribution in [-0.4, -0.2) is 94.2 Å². The minimum Gasteiger partial charge on any atom is -0.384 e. The smallest absolute Gasteiger partial charge is 0.233 e. The quantitative estimate of drug-likeness (QED) is 0.201. The van der Waals surface area contributed by atoms with Gasteiger partial charge < -0.3 is 29.4 Å². The Labute approximate surface area is 340 Å². The first kappa shape index (κ1) is 40.2. The van der Waals surface area contributed by atoms with Gasteiger partial charge in [0, 0.05) is 66.6 Å². The predicted molar refractivity (Wildman–Crippen MR) is 225 cm³/mol. The van der Waals surface area contributed by atoms with E-state index in [2.05, 4.69) is 69.0 Å². The molecule has 8 rings (SSSR count). The zero-order chi connectivity index (χ0) is 39.7. The Kier molecular flexibility index (Phi) is 13.4. The number of aryl methyl sites for hydroxylation is 2. The molecule has 4 aliphatic rings. The van der Waals surface area contributed by atoms with Crippen molar-refractivity contribution in [1.29, 1.82) is 0 Å². The first-order chi connectivity index (χ1) is 27.9. The molecule has 3 saturated heterocycles. The Morgan fingerprint density at radius 3 is 2.11 bits per heavy atom. The van der Waals surface area contributed by atoms with Crippen LogP contribution in [-0.2, 0) is 15.3 Å². The molecule has 4 atom stereocenters. The molecule has 4 fully saturated rings. The van der Waals surface area contributed by atoms with E-state index in [0.29, 0.717) is 35.6 Å². The molecule has 1 saturated carbocycles. The highest BCUT2D eigenvalue weighted by atomic mass is 32.2. The summed E-state index contributed by atoms with van der Waals surface area (Å²) in [6.45, 7) is 6.72. The van der Waals surface area contributed by atoms with Crippen LogP contribution in [0, 0.1) is 43.4 Å². The summed E-state index contributed by atoms with van der Waals surface area (Å²) in [5.41, 5.74) is 7.58. The lowest BCUT2D eigenvalue weighted by molar-refractivity contribution is -0.133. The fourth-order valence-corrected chi connectivity index (χ4v) is 9.93. The highest BCUT2D eigenvalue weighted by Crippen LogP contribution is 2.48. The van der Waals surface area contributed by atoms with Crippen LogP contribution in [0.3, 0.4) is 0 Å². The molecule has 3 aliphatic heterocycles. The van der Waals surface area contributed by atoms with E-state index in [1.165, 1.54) is 11.1 Å². The molecule has 2 amide bonds. The number of fused-ring (bicyclic) bond motifs is 2. The number of carbonyl (C=O) groups is 2. The topological polar surface area (TPSA) is 110 Å². The number of para-hydroxylation sites is 1. The second-order valence-corrected chi connectivity index (χ2v) is 16.3. The van der Waals surface area contributed by atoms with Crippen LogP contribution in [0.25, 0.3) is 0 Å². The second kappa shape index (κ2) is 19.0. The van der Waals surface area contributed by atoms with Crippen LogP contribution in [0.15, 0.2) is 83.4 Å². The van der Waals surface area contributed by atoms with Gasteiger partial charge in [0.25, 0.3) is 0 Å². The Balaban J connectivity index is 0.000000175. The van der Waals surface area contributed by atoms with Crippen molar-refractivity contribution in [2.45, 2.75) is 75.6 Å². The van der Waals surface area contributed by atoms with Crippen molar-refractivity contribution in [3.05, 3.63) is 118 Å². The van der Waals surface area contributed by atoms with Crippen molar-refractivity contribution in [2.75, 3.05) is 50.0 Å². The number of hydrogen-bond acceptors (Lipinski definition) is 8. The van der Waals surface area contributed by atoms with E-state index >= 15 is 0 Å². The van der Waals surface area contributed by atoms with Crippen molar-refractivity contribution in [3.63, 3.8) is 0 Å². The van der Waals surface area contributed by atoms with Gasteiger partial charge in [-0.05, 0) is 87.1 Å². The van der Waals surface area contributed by atoms with Crippen molar-refractivity contribution in [1.82, 2.24) is 15.0 Å². The molecule has 10 heteroatoms. The second-order valence-electron chi connectivity index (χ2n) is 15.3. The van der Waals surface area contributed by atoms with E-state index in [0.717, 1.165) is 97.9 Å². The summed E-state index contributed by atoms with van der Waals surface area (Å²) >= 11 is 1.65. The molecule has 296 valence electrons. The zero-order valence-electron chi connectivity index (χ0n) is 32.9. The molecule has 0 spiro atoms. The van der Waals surface area contributed by atoms with E-state index in [4.69, 9.17) is 14.7 Å². The predicted octanol–water partition coefficient (Wildman–Crippen LogP) is 6.29. The first-order valence-corrected chi connectivity index (χ1v) is 21.3. The van der Waals surface area contributed by atoms with Gasteiger partial charge in [0.2, 0.25) is 11.8 Å². The van der Waals surface area contributed by atoms with Gasteiger partial charge in [-0.2, -0.15) is 0 Å². The number of anilines is 1. The van der Waals surface area contributed by atoms with Gasteiger partial charge >= 0.3 is 0 Å². The molecule has 2 N–H and O–H groups in total. The largest absolute Gasteiger partial charge is 0.384 e. The molecule has 3 aromatic carbocycles. The standard InChI is InChI=1S/C24H28N2O3S.C23H24N2O2/c1-16-23(17(2)29-25-16)14-30-15-24(28)26-20-9-10-21(26)13-19(12-20)22-8-4-3-6-18(22)7-5-11-27;26-16-6-10-19-9-4-5-11-22(19)24-12-14-25(15-13-24)23(27)21-17-20(21)18-7-2-1-3-8-18/h3-4,6,8,19-21,27H,9-15H2,1-2H3;1-5,7-9,11,20-21,26H,12-17H2/t;20-,21-/m.1/s1. The summed E-state index contributed by atoms with van der Waals surface area (Å²) < 4.78 is 5.22. The maximum absolute atomic E-state index is 13.0. The van der Waals surface area contributed by atoms with Gasteiger partial charge in [0.15, 0.2) is 0 Å². The first-order valence-electron chi connectivity index (χ1n) is 20.1. The highest BCUT2D eigenvalue weighted by molar-refractivity contribution is 7.99. The number of benzene rings is 3. The molecular weight excluding hydrogens is 733 g/mol. The van der Waals surface area contributed by atoms with Crippen LogP contribution in [0.2, 0.25) is 0 Å². The number of piperidine rings is 1. The van der Waals surface area contributed by atoms with E-state index in [-0.39, 0.29) is 25.0 Å². The fraction of sp³-hybridized carbons (Fsp3) is 0.426. The van der Waals surface area contributed by atoms with Crippen LogP contribution >= 0.6 is 11.8 Å². The van der Waals surface area contributed by atoms with Gasteiger partial charge in [0.1, 0.15) is 19.0 Å². The molecule has 2 unspecified atom stereocenters. The summed E-state index contributed by atoms with van der Waals surface area (Å²) in [7, 11) is 0. The average molecular weight is 785 g/mol. The van der Waals surface area contributed by atoms with Crippen LogP contribution in [0.4, 0.5) is 5.69 Å². The highest BCUT2D eigenvalue weighted by Gasteiger charge is 2.46. The summed E-state index contributed by atoms with van der Waals surface area (Å²) in [6.07, 6.45) is 5.14. The Bertz CT molecular complexity index is 2110. The number of amides is 2. The number of hydrogen-bond donors (Lipinski definition) is 2. The molecule has 4 heterocycles. The lowest BCUT2D eigenvalue weighted by Gasteiger charge is -2.39. The number of aliphatic hydroxyl groups excluding tert-OH is 2. The normalized spacial score (nSPS) is 22.0. The number of piperazine rings is 1. The van der Waals surface area contributed by atoms with E-state index in [1.807, 2.05) is 67.3 Å². The molecular formula is C47H52N4O5S. The third-order valence-electron chi connectivity index (χ3n) is 11.9. The number of aliphatic hydroxyl groups is 2. The molecule has 57 heavy (non-hydrogen) atoms. The summed E-state index contributed by atoms with van der Waals surface area (Å²) in [4.78, 5) is 32.3. The van der Waals surface area contributed by atoms with Crippen molar-refractivity contribution in [3.8, 4) is 23.7 Å². The van der Waals surface area contributed by atoms with Gasteiger partial charge in [-0.15, -0.1) is 11.8 Å². The van der Waals surface area contributed by atoms with Crippen molar-refractivity contribution < 1.29 is 24.3 Å². The van der Waals surface area contributed by atoms with E-state index in [9.17, 15) is 9.59 Å². The Morgan fingerprint density at radius 2 is 1.44 bits per heavy atom. The molecule has 1 aliphatic carbocycles. The zero-order valence-corrected chi connectivity index (χ0v) is 33.7. The summed E-state index contributed by atoms with van der Waals surface area (Å²) in [5.74, 6) is 15.3. The van der Waals surface area contributed by atoms with Crippen LogP contribution < -0.4 is 4.90 Å². The number of aromatic nitrogens is 1. The number of rotatable bonds is 8.